The molecule has 0 saturated carbocycles. The molecule has 0 aliphatic carbocycles. The maximum Gasteiger partial charge on any atom is 0.251 e. The molecule has 1 N–H and O–H groups in total. The zero-order chi connectivity index (χ0) is 20.7. The topological polar surface area (TPSA) is 75.4 Å². The Bertz CT molecular complexity index is 1180. The zero-order valence-corrected chi connectivity index (χ0v) is 16.9. The lowest BCUT2D eigenvalue weighted by atomic mass is 9.96. The van der Waals surface area contributed by atoms with E-state index in [0.717, 1.165) is 52.8 Å². The summed E-state index contributed by atoms with van der Waals surface area (Å²) in [6, 6.07) is 9.86. The molecule has 2 amide bonds. The van der Waals surface area contributed by atoms with Gasteiger partial charge >= 0.3 is 0 Å². The maximum absolute atomic E-state index is 13.1. The van der Waals surface area contributed by atoms with Crippen LogP contribution in [0.3, 0.4) is 0 Å². The molecule has 0 bridgehead atoms. The number of furan rings is 1. The van der Waals surface area contributed by atoms with E-state index in [1.165, 1.54) is 0 Å². The highest BCUT2D eigenvalue weighted by Gasteiger charge is 2.26. The number of aryl methyl sites for hydroxylation is 1. The van der Waals surface area contributed by atoms with Crippen molar-refractivity contribution >= 4 is 40.4 Å². The van der Waals surface area contributed by atoms with Gasteiger partial charge in [0.2, 0.25) is 5.91 Å². The Balaban J connectivity index is 1.43. The summed E-state index contributed by atoms with van der Waals surface area (Å²) in [5.41, 5.74) is 3.56. The van der Waals surface area contributed by atoms with Crippen molar-refractivity contribution in [3.63, 3.8) is 0 Å². The van der Waals surface area contributed by atoms with Gasteiger partial charge in [-0.15, -0.1) is 0 Å². The van der Waals surface area contributed by atoms with Crippen LogP contribution in [0, 0.1) is 5.92 Å². The van der Waals surface area contributed by atoms with Crippen LogP contribution >= 0.6 is 0 Å². The lowest BCUT2D eigenvalue weighted by Crippen LogP contribution is -2.29. The fourth-order valence-corrected chi connectivity index (χ4v) is 4.24. The van der Waals surface area contributed by atoms with E-state index in [1.54, 1.807) is 18.3 Å². The molecule has 2 aliphatic rings. The summed E-state index contributed by atoms with van der Waals surface area (Å²) in [6.07, 6.45) is 8.51. The number of nitrogens with zero attached hydrogens (tertiary/aromatic N) is 2. The Labute approximate surface area is 174 Å². The second-order valence-corrected chi connectivity index (χ2v) is 8.02. The van der Waals surface area contributed by atoms with Gasteiger partial charge in [-0.3, -0.25) is 9.59 Å². The third kappa shape index (κ3) is 3.28. The highest BCUT2D eigenvalue weighted by Crippen LogP contribution is 2.37. The molecule has 0 spiro atoms. The SMILES string of the molecule is CC1Cc2cc(/C=C/C(=O)N3CCCCc4oc5ccccc5c43)cnc2NC1=O. The second-order valence-electron chi connectivity index (χ2n) is 8.02. The van der Waals surface area contributed by atoms with Crippen LogP contribution in [0.2, 0.25) is 0 Å². The number of aromatic nitrogens is 1. The molecule has 1 aromatic carbocycles. The second kappa shape index (κ2) is 7.44. The van der Waals surface area contributed by atoms with Crippen LogP contribution in [0.5, 0.6) is 0 Å². The van der Waals surface area contributed by atoms with Crippen molar-refractivity contribution in [3.05, 3.63) is 59.5 Å². The van der Waals surface area contributed by atoms with Crippen molar-refractivity contribution in [2.45, 2.75) is 32.6 Å². The quantitative estimate of drug-likeness (QED) is 0.648. The fourth-order valence-electron chi connectivity index (χ4n) is 4.24. The van der Waals surface area contributed by atoms with Crippen LogP contribution in [0.1, 0.15) is 36.7 Å². The number of benzene rings is 1. The summed E-state index contributed by atoms with van der Waals surface area (Å²) in [5.74, 6) is 1.35. The minimum absolute atomic E-state index is 0.00206. The molecule has 1 unspecified atom stereocenters. The average Bonchev–Trinajstić information content (AvgIpc) is 2.98. The normalized spacial score (nSPS) is 18.8. The van der Waals surface area contributed by atoms with Crippen molar-refractivity contribution in [2.24, 2.45) is 5.92 Å². The number of carbonyl (C=O) groups is 2. The van der Waals surface area contributed by atoms with Gasteiger partial charge in [0, 0.05) is 36.5 Å². The Morgan fingerprint density at radius 3 is 3.07 bits per heavy atom. The van der Waals surface area contributed by atoms with E-state index < -0.39 is 0 Å². The number of hydrogen-bond acceptors (Lipinski definition) is 4. The number of para-hydroxylation sites is 1. The Morgan fingerprint density at radius 2 is 2.17 bits per heavy atom. The molecule has 0 fully saturated rings. The molecule has 4 heterocycles. The lowest BCUT2D eigenvalue weighted by molar-refractivity contribution is -0.119. The Hall–Kier alpha value is -3.41. The molecule has 30 heavy (non-hydrogen) atoms. The Kier molecular flexibility index (Phi) is 4.62. The summed E-state index contributed by atoms with van der Waals surface area (Å²) >= 11 is 0. The summed E-state index contributed by atoms with van der Waals surface area (Å²) in [6.45, 7) is 2.57. The van der Waals surface area contributed by atoms with Crippen molar-refractivity contribution in [2.75, 3.05) is 16.8 Å². The van der Waals surface area contributed by atoms with E-state index in [1.807, 2.05) is 42.2 Å². The molecule has 6 nitrogen and oxygen atoms in total. The first-order valence-corrected chi connectivity index (χ1v) is 10.4. The van der Waals surface area contributed by atoms with E-state index in [-0.39, 0.29) is 17.7 Å². The van der Waals surface area contributed by atoms with Crippen LogP contribution in [0.4, 0.5) is 11.5 Å². The van der Waals surface area contributed by atoms with E-state index in [4.69, 9.17) is 4.42 Å². The maximum atomic E-state index is 13.1. The molecular weight excluding hydrogens is 378 g/mol. The van der Waals surface area contributed by atoms with Crippen LogP contribution < -0.4 is 10.2 Å². The number of amides is 2. The van der Waals surface area contributed by atoms with Gasteiger partial charge in [-0.1, -0.05) is 19.1 Å². The number of carbonyl (C=O) groups excluding carboxylic acids is 2. The standard InChI is InChI=1S/C24H23N3O3/c1-15-12-17-13-16(14-25-23(17)26-24(15)29)9-10-21(28)27-11-5-4-8-20-22(27)18-6-2-3-7-19(18)30-20/h2-3,6-7,9-10,13-15H,4-5,8,11-12H2,1H3,(H,25,26,29)/b10-9+. The lowest BCUT2D eigenvalue weighted by Gasteiger charge is -2.21. The summed E-state index contributed by atoms with van der Waals surface area (Å²) in [4.78, 5) is 31.1. The summed E-state index contributed by atoms with van der Waals surface area (Å²) < 4.78 is 6.03. The number of nitrogens with one attached hydrogen (secondary N) is 1. The molecule has 6 heteroatoms. The average molecular weight is 401 g/mol. The monoisotopic (exact) mass is 401 g/mol. The van der Waals surface area contributed by atoms with Gasteiger partial charge in [-0.2, -0.15) is 0 Å². The predicted molar refractivity (Wildman–Crippen MR) is 116 cm³/mol. The molecular formula is C24H23N3O3. The molecule has 2 aliphatic heterocycles. The van der Waals surface area contributed by atoms with E-state index in [0.29, 0.717) is 18.8 Å². The number of anilines is 2. The first-order chi connectivity index (χ1) is 14.6. The third-order valence-corrected chi connectivity index (χ3v) is 5.83. The van der Waals surface area contributed by atoms with Crippen LogP contribution in [-0.2, 0) is 22.4 Å². The van der Waals surface area contributed by atoms with Crippen LogP contribution in [0.25, 0.3) is 17.0 Å². The number of rotatable bonds is 2. The van der Waals surface area contributed by atoms with Crippen molar-refractivity contribution in [1.29, 1.82) is 0 Å². The first-order valence-electron chi connectivity index (χ1n) is 10.4. The molecule has 5 rings (SSSR count). The minimum atomic E-state index is -0.0787. The summed E-state index contributed by atoms with van der Waals surface area (Å²) in [5, 5.41) is 3.81. The van der Waals surface area contributed by atoms with E-state index in [2.05, 4.69) is 10.3 Å². The van der Waals surface area contributed by atoms with E-state index >= 15 is 0 Å². The molecule has 3 aromatic rings. The molecule has 152 valence electrons. The molecule has 0 radical (unpaired) electrons. The van der Waals surface area contributed by atoms with Gasteiger partial charge in [-0.25, -0.2) is 4.98 Å². The van der Waals surface area contributed by atoms with Gasteiger partial charge in [0.05, 0.1) is 5.69 Å². The third-order valence-electron chi connectivity index (χ3n) is 5.83. The van der Waals surface area contributed by atoms with E-state index in [9.17, 15) is 9.59 Å². The van der Waals surface area contributed by atoms with Crippen molar-refractivity contribution in [1.82, 2.24) is 4.98 Å². The highest BCUT2D eigenvalue weighted by molar-refractivity contribution is 6.09. The highest BCUT2D eigenvalue weighted by atomic mass is 16.3. The first kappa shape index (κ1) is 18.6. The van der Waals surface area contributed by atoms with Gasteiger partial charge in [0.25, 0.3) is 5.91 Å². The number of pyridine rings is 1. The molecule has 0 saturated heterocycles. The fraction of sp³-hybridized carbons (Fsp3) is 0.292. The zero-order valence-electron chi connectivity index (χ0n) is 16.9. The van der Waals surface area contributed by atoms with Gasteiger partial charge in [0.1, 0.15) is 17.2 Å². The van der Waals surface area contributed by atoms with Crippen molar-refractivity contribution < 1.29 is 14.0 Å². The van der Waals surface area contributed by atoms with Crippen molar-refractivity contribution in [3.8, 4) is 0 Å². The van der Waals surface area contributed by atoms with Crippen LogP contribution in [-0.4, -0.2) is 23.3 Å². The van der Waals surface area contributed by atoms with Gasteiger partial charge in [-0.05, 0) is 54.7 Å². The number of hydrogen-bond donors (Lipinski definition) is 1. The van der Waals surface area contributed by atoms with Crippen LogP contribution in [0.15, 0.2) is 47.0 Å². The Morgan fingerprint density at radius 1 is 1.30 bits per heavy atom. The van der Waals surface area contributed by atoms with Gasteiger partial charge in [0.15, 0.2) is 0 Å². The van der Waals surface area contributed by atoms with Gasteiger partial charge < -0.3 is 14.6 Å². The molecule has 1 atom stereocenters. The smallest absolute Gasteiger partial charge is 0.251 e. The number of fused-ring (bicyclic) bond motifs is 4. The summed E-state index contributed by atoms with van der Waals surface area (Å²) in [7, 11) is 0. The largest absolute Gasteiger partial charge is 0.459 e. The predicted octanol–water partition coefficient (Wildman–Crippen LogP) is 4.34. The minimum Gasteiger partial charge on any atom is -0.459 e. The molecule has 2 aromatic heterocycles.